The van der Waals surface area contributed by atoms with Crippen molar-refractivity contribution in [2.24, 2.45) is 5.73 Å². The Labute approximate surface area is 222 Å². The van der Waals surface area contributed by atoms with E-state index in [1.807, 2.05) is 21.0 Å². The lowest BCUT2D eigenvalue weighted by Crippen LogP contribution is -2.73. The minimum atomic E-state index is -4.19. The van der Waals surface area contributed by atoms with Gasteiger partial charge in [0.25, 0.3) is 10.1 Å². The maximum absolute atomic E-state index is 12.3. The molecule has 3 atom stereocenters. The molecule has 0 aliphatic heterocycles. The van der Waals surface area contributed by atoms with Crippen molar-refractivity contribution in [1.82, 2.24) is 0 Å². The zero-order valence-electron chi connectivity index (χ0n) is 24.1. The lowest BCUT2D eigenvalue weighted by molar-refractivity contribution is -0.953. The minimum absolute atomic E-state index is 0.0505. The van der Waals surface area contributed by atoms with Gasteiger partial charge in [-0.25, -0.2) is 4.79 Å². The van der Waals surface area contributed by atoms with Gasteiger partial charge in [-0.1, -0.05) is 103 Å². The van der Waals surface area contributed by atoms with Crippen molar-refractivity contribution in [3.8, 4) is 0 Å². The van der Waals surface area contributed by atoms with Crippen LogP contribution in [0.5, 0.6) is 0 Å². The summed E-state index contributed by atoms with van der Waals surface area (Å²) < 4.78 is 31.5. The number of likely N-dealkylation sites (N-methyl/N-ethyl adjacent to an activating group) is 1. The maximum atomic E-state index is 12.3. The van der Waals surface area contributed by atoms with Crippen LogP contribution in [-0.2, 0) is 14.9 Å². The summed E-state index contributed by atoms with van der Waals surface area (Å²) >= 11 is 0. The van der Waals surface area contributed by atoms with Crippen LogP contribution in [0.1, 0.15) is 136 Å². The number of quaternary nitrogens is 1. The quantitative estimate of drug-likeness (QED) is 0.0732. The summed E-state index contributed by atoms with van der Waals surface area (Å²) in [5, 5.41) is 10.0. The number of unbranched alkanes of at least 4 members (excludes halogenated alkanes) is 15. The second kappa shape index (κ2) is 18.5. The van der Waals surface area contributed by atoms with Gasteiger partial charge in [-0.2, -0.15) is 8.42 Å². The molecule has 0 rings (SSSR count). The van der Waals surface area contributed by atoms with Gasteiger partial charge in [0.05, 0.1) is 31.9 Å². The van der Waals surface area contributed by atoms with Crippen molar-refractivity contribution in [2.75, 3.05) is 19.8 Å². The molecule has 0 fully saturated rings. The molecule has 0 saturated carbocycles. The molecular weight excluding hydrogens is 476 g/mol. The summed E-state index contributed by atoms with van der Waals surface area (Å²) in [4.78, 5) is 12.3. The summed E-state index contributed by atoms with van der Waals surface area (Å²) in [6.45, 7) is 5.90. The minimum Gasteiger partial charge on any atom is -0.477 e. The van der Waals surface area contributed by atoms with E-state index in [0.29, 0.717) is 0 Å². The van der Waals surface area contributed by atoms with Crippen molar-refractivity contribution in [1.29, 1.82) is 0 Å². The number of aliphatic carboxylic acids is 1. The zero-order valence-corrected chi connectivity index (χ0v) is 25.0. The Morgan fingerprint density at radius 2 is 1.17 bits per heavy atom. The summed E-state index contributed by atoms with van der Waals surface area (Å²) in [7, 11) is -0.470. The van der Waals surface area contributed by atoms with E-state index in [4.69, 9.17) is 10.3 Å². The molecule has 0 aliphatic carbocycles. The van der Waals surface area contributed by atoms with Gasteiger partial charge in [0.15, 0.2) is 0 Å². The highest BCUT2D eigenvalue weighted by atomic mass is 32.2. The smallest absolute Gasteiger partial charge is 0.367 e. The molecule has 0 aromatic rings. The molecule has 4 N–H and O–H groups in total. The normalized spacial score (nSPS) is 16.0. The van der Waals surface area contributed by atoms with E-state index in [2.05, 4.69) is 6.92 Å². The number of nitrogens with two attached hydrogens (primary N) is 1. The van der Waals surface area contributed by atoms with Gasteiger partial charge in [-0.15, -0.1) is 0 Å². The Morgan fingerprint density at radius 3 is 1.50 bits per heavy atom. The van der Waals surface area contributed by atoms with Gasteiger partial charge in [0.2, 0.25) is 5.54 Å². The molecule has 36 heavy (non-hydrogen) atoms. The molecule has 0 spiro atoms. The molecule has 0 heterocycles. The first-order valence-corrected chi connectivity index (χ1v) is 16.2. The molecule has 0 aromatic heterocycles. The van der Waals surface area contributed by atoms with E-state index in [-0.39, 0.29) is 16.9 Å². The van der Waals surface area contributed by atoms with Crippen LogP contribution >= 0.6 is 0 Å². The van der Waals surface area contributed by atoms with Crippen molar-refractivity contribution in [3.05, 3.63) is 0 Å². The van der Waals surface area contributed by atoms with Crippen LogP contribution in [0.25, 0.3) is 0 Å². The van der Waals surface area contributed by atoms with Gasteiger partial charge in [-0.05, 0) is 26.2 Å². The molecule has 7 nitrogen and oxygen atoms in total. The SMILES string of the molecule is CCCCCCCCCCCCCCCCCCC(C)[N+](C)(C)C(C)(C(=O)O)C(N)CCS(=O)(=O)O. The average molecular weight is 536 g/mol. The number of carboxylic acid groups (broad SMARTS) is 1. The van der Waals surface area contributed by atoms with E-state index in [1.54, 1.807) is 6.92 Å². The fourth-order valence-electron chi connectivity index (χ4n) is 5.16. The summed E-state index contributed by atoms with van der Waals surface area (Å²) in [5.74, 6) is -1.58. The predicted molar refractivity (Wildman–Crippen MR) is 151 cm³/mol. The third-order valence-electron chi connectivity index (χ3n) is 8.62. The standard InChI is InChI=1S/C28H58N2O5S/c1-6-7-8-9-10-11-12-13-14-15-16-17-18-19-20-21-22-25(2)30(4,5)28(3,27(31)32)26(29)23-24-36(33,34)35/h25-26H,6-24,29H2,1-5H3,(H-,31,32,33,34,35)/p+1. The van der Waals surface area contributed by atoms with Crippen LogP contribution in [0.2, 0.25) is 0 Å². The van der Waals surface area contributed by atoms with Crippen LogP contribution in [-0.4, -0.2) is 66.0 Å². The number of hydrogen-bond acceptors (Lipinski definition) is 4. The molecule has 0 aromatic carbocycles. The van der Waals surface area contributed by atoms with Crippen LogP contribution < -0.4 is 5.73 Å². The summed E-state index contributed by atoms with van der Waals surface area (Å²) in [6, 6.07) is -0.852. The largest absolute Gasteiger partial charge is 0.477 e. The van der Waals surface area contributed by atoms with Gasteiger partial charge in [0.1, 0.15) is 0 Å². The molecule has 3 unspecified atom stereocenters. The Hall–Kier alpha value is -0.700. The third kappa shape index (κ3) is 13.7. The van der Waals surface area contributed by atoms with E-state index in [1.165, 1.54) is 89.9 Å². The van der Waals surface area contributed by atoms with Crippen molar-refractivity contribution in [2.45, 2.75) is 154 Å². The fraction of sp³-hybridized carbons (Fsp3) is 0.964. The van der Waals surface area contributed by atoms with Crippen molar-refractivity contribution < 1.29 is 27.4 Å². The Balaban J connectivity index is 4.13. The van der Waals surface area contributed by atoms with Crippen LogP contribution in [0.15, 0.2) is 0 Å². The topological polar surface area (TPSA) is 118 Å². The number of hydrogen-bond donors (Lipinski definition) is 3. The Bertz CT molecular complexity index is 683. The summed E-state index contributed by atoms with van der Waals surface area (Å²) in [6.07, 6.45) is 21.9. The van der Waals surface area contributed by atoms with E-state index in [0.717, 1.165) is 19.3 Å². The molecule has 0 radical (unpaired) electrons. The second-order valence-corrected chi connectivity index (χ2v) is 13.2. The van der Waals surface area contributed by atoms with E-state index in [9.17, 15) is 18.3 Å². The third-order valence-corrected chi connectivity index (χ3v) is 9.37. The first-order valence-electron chi connectivity index (χ1n) is 14.6. The van der Waals surface area contributed by atoms with Crippen molar-refractivity contribution >= 4 is 16.1 Å². The van der Waals surface area contributed by atoms with Gasteiger partial charge in [-0.3, -0.25) is 4.55 Å². The van der Waals surface area contributed by atoms with Gasteiger partial charge >= 0.3 is 5.97 Å². The van der Waals surface area contributed by atoms with E-state index >= 15 is 0 Å². The molecule has 0 aliphatic rings. The highest BCUT2D eigenvalue weighted by molar-refractivity contribution is 7.85. The molecule has 216 valence electrons. The number of rotatable bonds is 24. The highest BCUT2D eigenvalue weighted by Gasteiger charge is 2.55. The molecule has 0 bridgehead atoms. The molecule has 0 saturated heterocycles. The average Bonchev–Trinajstić information content (AvgIpc) is 2.80. The zero-order chi connectivity index (χ0) is 27.7. The number of carbonyl (C=O) groups is 1. The van der Waals surface area contributed by atoms with Crippen molar-refractivity contribution in [3.63, 3.8) is 0 Å². The Morgan fingerprint density at radius 1 is 0.806 bits per heavy atom. The molecular formula is C28H59N2O5S+. The first kappa shape index (κ1) is 35.3. The predicted octanol–water partition coefficient (Wildman–Crippen LogP) is 6.55. The number of carboxylic acids is 1. The van der Waals surface area contributed by atoms with Gasteiger partial charge < -0.3 is 15.3 Å². The number of nitrogens with zero attached hydrogens (tertiary/aromatic N) is 1. The van der Waals surface area contributed by atoms with Crippen LogP contribution in [0, 0.1) is 0 Å². The lowest BCUT2D eigenvalue weighted by atomic mass is 9.84. The highest BCUT2D eigenvalue weighted by Crippen LogP contribution is 2.31. The van der Waals surface area contributed by atoms with Crippen LogP contribution in [0.4, 0.5) is 0 Å². The molecule has 0 amide bonds. The fourth-order valence-corrected chi connectivity index (χ4v) is 5.71. The van der Waals surface area contributed by atoms with Gasteiger partial charge in [0, 0.05) is 6.92 Å². The molecule has 8 heteroatoms. The monoisotopic (exact) mass is 535 g/mol. The Kier molecular flexibility index (Phi) is 18.2. The second-order valence-electron chi connectivity index (χ2n) is 11.6. The maximum Gasteiger partial charge on any atom is 0.367 e. The lowest BCUT2D eigenvalue weighted by Gasteiger charge is -2.50. The summed E-state index contributed by atoms with van der Waals surface area (Å²) in [5.41, 5.74) is 4.84. The first-order chi connectivity index (χ1) is 16.8. The van der Waals surface area contributed by atoms with E-state index < -0.39 is 33.4 Å². The van der Waals surface area contributed by atoms with Crippen LogP contribution in [0.3, 0.4) is 0 Å².